The number of benzene rings is 1. The Kier molecular flexibility index (Phi) is 2.74. The molecule has 3 heteroatoms. The van der Waals surface area contributed by atoms with E-state index in [1.807, 2.05) is 17.8 Å². The van der Waals surface area contributed by atoms with E-state index in [1.54, 1.807) is 13.8 Å². The third kappa shape index (κ3) is 1.84. The van der Waals surface area contributed by atoms with E-state index in [1.165, 1.54) is 10.5 Å². The SMILES string of the molecule is CC1Cc2cc(C(C)(C)C(=O)O)ccc2S1. The summed E-state index contributed by atoms with van der Waals surface area (Å²) < 4.78 is 0. The Morgan fingerprint density at radius 2 is 2.19 bits per heavy atom. The van der Waals surface area contributed by atoms with Crippen molar-refractivity contribution >= 4 is 17.7 Å². The summed E-state index contributed by atoms with van der Waals surface area (Å²) in [7, 11) is 0. The quantitative estimate of drug-likeness (QED) is 0.857. The molecule has 1 atom stereocenters. The van der Waals surface area contributed by atoms with E-state index in [0.717, 1.165) is 12.0 Å². The normalized spacial score (nSPS) is 19.6. The number of carbonyl (C=O) groups is 1. The number of carboxylic acids is 1. The summed E-state index contributed by atoms with van der Waals surface area (Å²) in [6.07, 6.45) is 1.05. The fourth-order valence-electron chi connectivity index (χ4n) is 1.93. The second kappa shape index (κ2) is 3.81. The molecule has 0 aliphatic carbocycles. The van der Waals surface area contributed by atoms with Crippen molar-refractivity contribution in [1.82, 2.24) is 0 Å². The van der Waals surface area contributed by atoms with Crippen LogP contribution in [0, 0.1) is 0 Å². The zero-order valence-corrected chi connectivity index (χ0v) is 10.6. The Hall–Kier alpha value is -0.960. The lowest BCUT2D eigenvalue weighted by Crippen LogP contribution is -2.28. The molecule has 0 saturated carbocycles. The monoisotopic (exact) mass is 236 g/mol. The summed E-state index contributed by atoms with van der Waals surface area (Å²) >= 11 is 1.87. The van der Waals surface area contributed by atoms with Crippen molar-refractivity contribution in [1.29, 1.82) is 0 Å². The summed E-state index contributed by atoms with van der Waals surface area (Å²) in [4.78, 5) is 12.5. The topological polar surface area (TPSA) is 37.3 Å². The van der Waals surface area contributed by atoms with Crippen LogP contribution in [0.1, 0.15) is 31.9 Å². The highest BCUT2D eigenvalue weighted by molar-refractivity contribution is 8.00. The standard InChI is InChI=1S/C13H16O2S/c1-8-6-9-7-10(4-5-11(9)16-8)13(2,3)12(14)15/h4-5,7-8H,6H2,1-3H3,(H,14,15). The molecule has 0 saturated heterocycles. The van der Waals surface area contributed by atoms with Gasteiger partial charge in [0, 0.05) is 10.1 Å². The van der Waals surface area contributed by atoms with Crippen molar-refractivity contribution < 1.29 is 9.90 Å². The molecule has 0 amide bonds. The second-order valence-electron chi connectivity index (χ2n) is 4.89. The molecule has 1 unspecified atom stereocenters. The highest BCUT2D eigenvalue weighted by atomic mass is 32.2. The molecule has 1 aliphatic rings. The Morgan fingerprint density at radius 3 is 2.81 bits per heavy atom. The smallest absolute Gasteiger partial charge is 0.313 e. The molecule has 2 nitrogen and oxygen atoms in total. The number of carboxylic acid groups (broad SMARTS) is 1. The third-order valence-electron chi connectivity index (χ3n) is 3.15. The van der Waals surface area contributed by atoms with Gasteiger partial charge in [0.2, 0.25) is 0 Å². The molecule has 0 radical (unpaired) electrons. The molecular weight excluding hydrogens is 220 g/mol. The number of thioether (sulfide) groups is 1. The minimum Gasteiger partial charge on any atom is -0.481 e. The first-order chi connectivity index (χ1) is 7.41. The molecule has 1 aromatic carbocycles. The second-order valence-corrected chi connectivity index (χ2v) is 6.37. The largest absolute Gasteiger partial charge is 0.481 e. The van der Waals surface area contributed by atoms with Crippen molar-refractivity contribution in [2.45, 2.75) is 42.8 Å². The molecular formula is C13H16O2S. The molecule has 0 spiro atoms. The molecule has 1 N–H and O–H groups in total. The lowest BCUT2D eigenvalue weighted by atomic mass is 9.84. The predicted molar refractivity (Wildman–Crippen MR) is 66.1 cm³/mol. The van der Waals surface area contributed by atoms with Gasteiger partial charge < -0.3 is 5.11 Å². The van der Waals surface area contributed by atoms with Crippen molar-refractivity contribution in [2.75, 3.05) is 0 Å². The summed E-state index contributed by atoms with van der Waals surface area (Å²) in [5, 5.41) is 9.80. The summed E-state index contributed by atoms with van der Waals surface area (Å²) in [5.74, 6) is -0.772. The van der Waals surface area contributed by atoms with Gasteiger partial charge in [0.15, 0.2) is 0 Å². The van der Waals surface area contributed by atoms with Gasteiger partial charge in [-0.25, -0.2) is 0 Å². The summed E-state index contributed by atoms with van der Waals surface area (Å²) in [6, 6.07) is 6.06. The minimum absolute atomic E-state index is 0.609. The molecule has 86 valence electrons. The van der Waals surface area contributed by atoms with Crippen molar-refractivity contribution in [3.8, 4) is 0 Å². The van der Waals surface area contributed by atoms with Crippen LogP contribution < -0.4 is 0 Å². The fourth-order valence-corrected chi connectivity index (χ4v) is 3.07. The number of rotatable bonds is 2. The molecule has 1 aliphatic heterocycles. The van der Waals surface area contributed by atoms with Gasteiger partial charge in [-0.15, -0.1) is 11.8 Å². The van der Waals surface area contributed by atoms with E-state index in [9.17, 15) is 9.90 Å². The van der Waals surface area contributed by atoms with Crippen molar-refractivity contribution in [3.63, 3.8) is 0 Å². The number of fused-ring (bicyclic) bond motifs is 1. The first-order valence-electron chi connectivity index (χ1n) is 5.44. The van der Waals surface area contributed by atoms with Gasteiger partial charge in [-0.05, 0) is 37.5 Å². The maximum absolute atomic E-state index is 11.2. The van der Waals surface area contributed by atoms with Gasteiger partial charge in [0.05, 0.1) is 5.41 Å². The van der Waals surface area contributed by atoms with Gasteiger partial charge in [0.1, 0.15) is 0 Å². The van der Waals surface area contributed by atoms with Crippen molar-refractivity contribution in [2.24, 2.45) is 0 Å². The summed E-state index contributed by atoms with van der Waals surface area (Å²) in [6.45, 7) is 5.71. The molecule has 0 fully saturated rings. The van der Waals surface area contributed by atoms with Crippen LogP contribution >= 0.6 is 11.8 Å². The summed E-state index contributed by atoms with van der Waals surface area (Å²) in [5.41, 5.74) is 1.39. The van der Waals surface area contributed by atoms with E-state index in [2.05, 4.69) is 19.1 Å². The zero-order chi connectivity index (χ0) is 11.9. The predicted octanol–water partition coefficient (Wildman–Crippen LogP) is 3.09. The van der Waals surface area contributed by atoms with Gasteiger partial charge in [-0.2, -0.15) is 0 Å². The fraction of sp³-hybridized carbons (Fsp3) is 0.462. The molecule has 1 heterocycles. The first-order valence-corrected chi connectivity index (χ1v) is 6.32. The van der Waals surface area contributed by atoms with E-state index >= 15 is 0 Å². The average molecular weight is 236 g/mol. The van der Waals surface area contributed by atoms with Gasteiger partial charge in [0.25, 0.3) is 0 Å². The highest BCUT2D eigenvalue weighted by Crippen LogP contribution is 2.38. The van der Waals surface area contributed by atoms with E-state index in [4.69, 9.17) is 0 Å². The zero-order valence-electron chi connectivity index (χ0n) is 9.78. The first kappa shape index (κ1) is 11.5. The molecule has 2 rings (SSSR count). The Morgan fingerprint density at radius 1 is 1.50 bits per heavy atom. The third-order valence-corrected chi connectivity index (χ3v) is 4.37. The lowest BCUT2D eigenvalue weighted by Gasteiger charge is -2.20. The van der Waals surface area contributed by atoms with E-state index in [0.29, 0.717) is 5.25 Å². The number of aliphatic carboxylic acids is 1. The van der Waals surface area contributed by atoms with Crippen LogP contribution in [0.25, 0.3) is 0 Å². The molecule has 0 aromatic heterocycles. The Bertz CT molecular complexity index is 438. The number of hydrogen-bond donors (Lipinski definition) is 1. The minimum atomic E-state index is -0.800. The van der Waals surface area contributed by atoms with Crippen LogP contribution in [0.4, 0.5) is 0 Å². The molecule has 0 bridgehead atoms. The van der Waals surface area contributed by atoms with Gasteiger partial charge in [-0.1, -0.05) is 19.1 Å². The van der Waals surface area contributed by atoms with Crippen LogP contribution in [-0.2, 0) is 16.6 Å². The van der Waals surface area contributed by atoms with Crippen LogP contribution in [0.5, 0.6) is 0 Å². The number of hydrogen-bond acceptors (Lipinski definition) is 2. The van der Waals surface area contributed by atoms with E-state index in [-0.39, 0.29) is 0 Å². The lowest BCUT2D eigenvalue weighted by molar-refractivity contribution is -0.142. The van der Waals surface area contributed by atoms with Crippen LogP contribution in [-0.4, -0.2) is 16.3 Å². The molecule has 16 heavy (non-hydrogen) atoms. The van der Waals surface area contributed by atoms with Crippen LogP contribution in [0.15, 0.2) is 23.1 Å². The van der Waals surface area contributed by atoms with Gasteiger partial charge in [-0.3, -0.25) is 4.79 Å². The van der Waals surface area contributed by atoms with Crippen LogP contribution in [0.3, 0.4) is 0 Å². The maximum Gasteiger partial charge on any atom is 0.313 e. The van der Waals surface area contributed by atoms with Crippen molar-refractivity contribution in [3.05, 3.63) is 29.3 Å². The van der Waals surface area contributed by atoms with Crippen LogP contribution in [0.2, 0.25) is 0 Å². The average Bonchev–Trinajstić information content (AvgIpc) is 2.56. The molecule has 1 aromatic rings. The van der Waals surface area contributed by atoms with Gasteiger partial charge >= 0.3 is 5.97 Å². The Labute approximate surface area is 100 Å². The van der Waals surface area contributed by atoms with E-state index < -0.39 is 11.4 Å². The highest BCUT2D eigenvalue weighted by Gasteiger charge is 2.31. The Balaban J connectivity index is 2.40. The maximum atomic E-state index is 11.2.